The molecule has 0 saturated heterocycles. The summed E-state index contributed by atoms with van der Waals surface area (Å²) in [5.41, 5.74) is 12.2. The summed E-state index contributed by atoms with van der Waals surface area (Å²) in [5, 5.41) is 0. The Morgan fingerprint density at radius 1 is 0.714 bits per heavy atom. The third-order valence-electron chi connectivity index (χ3n) is 8.33. The van der Waals surface area contributed by atoms with Crippen LogP contribution in [0.25, 0.3) is 0 Å². The van der Waals surface area contributed by atoms with Crippen molar-refractivity contribution in [3.05, 3.63) is 22.8 Å². The molecule has 1 nitrogen and oxygen atoms in total. The summed E-state index contributed by atoms with van der Waals surface area (Å²) in [6.45, 7) is 4.53. The largest absolute Gasteiger partial charge is 0.326 e. The maximum absolute atomic E-state index is 6.67. The molecule has 4 aliphatic rings. The van der Waals surface area contributed by atoms with Gasteiger partial charge in [-0.3, -0.25) is 0 Å². The average Bonchev–Trinajstić information content (AvgIpc) is 3.07. The van der Waals surface area contributed by atoms with Crippen molar-refractivity contribution in [1.29, 1.82) is 0 Å². The van der Waals surface area contributed by atoms with Gasteiger partial charge < -0.3 is 5.73 Å². The van der Waals surface area contributed by atoms with Gasteiger partial charge in [-0.1, -0.05) is 75.0 Å². The van der Waals surface area contributed by atoms with Crippen LogP contribution in [0.1, 0.15) is 117 Å². The van der Waals surface area contributed by atoms with Crippen LogP contribution < -0.4 is 5.73 Å². The molecule has 0 amide bonds. The van der Waals surface area contributed by atoms with E-state index in [0.29, 0.717) is 5.92 Å². The molecule has 4 aliphatic carbocycles. The minimum absolute atomic E-state index is 0.0691. The number of allylic oxidation sites excluding steroid dienone is 4. The van der Waals surface area contributed by atoms with E-state index in [2.05, 4.69) is 19.9 Å². The Hall–Kier alpha value is -0.560. The molecule has 0 spiro atoms. The van der Waals surface area contributed by atoms with E-state index in [-0.39, 0.29) is 5.54 Å². The van der Waals surface area contributed by atoms with Crippen molar-refractivity contribution in [3.8, 4) is 0 Å². The second-order valence-electron chi connectivity index (χ2n) is 11.3. The molecule has 0 aromatic rings. The zero-order valence-electron chi connectivity index (χ0n) is 18.8. The second-order valence-corrected chi connectivity index (χ2v) is 11.3. The molecule has 0 aromatic carbocycles. The van der Waals surface area contributed by atoms with Crippen LogP contribution in [-0.4, -0.2) is 5.54 Å². The Kier molecular flexibility index (Phi) is 6.70. The van der Waals surface area contributed by atoms with Crippen molar-refractivity contribution >= 4 is 0 Å². The lowest BCUT2D eigenvalue weighted by molar-refractivity contribution is 0.317. The van der Waals surface area contributed by atoms with Crippen molar-refractivity contribution in [2.45, 2.75) is 122 Å². The van der Waals surface area contributed by atoms with E-state index in [9.17, 15) is 0 Å². The van der Waals surface area contributed by atoms with Gasteiger partial charge in [-0.15, -0.1) is 0 Å². The topological polar surface area (TPSA) is 26.0 Å². The molecule has 3 saturated carbocycles. The molecule has 28 heavy (non-hydrogen) atoms. The normalized spacial score (nSPS) is 29.4. The lowest BCUT2D eigenvalue weighted by Gasteiger charge is -2.37. The quantitative estimate of drug-likeness (QED) is 0.517. The lowest BCUT2D eigenvalue weighted by Crippen LogP contribution is -2.36. The van der Waals surface area contributed by atoms with Gasteiger partial charge in [0.15, 0.2) is 0 Å². The van der Waals surface area contributed by atoms with E-state index < -0.39 is 0 Å². The number of nitrogens with two attached hydrogens (primary N) is 1. The first-order chi connectivity index (χ1) is 13.5. The van der Waals surface area contributed by atoms with Gasteiger partial charge >= 0.3 is 0 Å². The molecule has 0 bridgehead atoms. The van der Waals surface area contributed by atoms with Crippen molar-refractivity contribution in [3.63, 3.8) is 0 Å². The van der Waals surface area contributed by atoms with E-state index in [1.54, 1.807) is 0 Å². The summed E-state index contributed by atoms with van der Waals surface area (Å²) in [6.07, 6.45) is 25.6. The van der Waals surface area contributed by atoms with Crippen LogP contribution in [-0.2, 0) is 0 Å². The smallest absolute Gasteiger partial charge is 0.0106 e. The van der Waals surface area contributed by atoms with Gasteiger partial charge in [0.2, 0.25) is 0 Å². The molecule has 0 aromatic heterocycles. The van der Waals surface area contributed by atoms with Crippen molar-refractivity contribution in [2.75, 3.05) is 0 Å². The van der Waals surface area contributed by atoms with Crippen LogP contribution in [0.5, 0.6) is 0 Å². The summed E-state index contributed by atoms with van der Waals surface area (Å²) < 4.78 is 0. The molecule has 158 valence electrons. The summed E-state index contributed by atoms with van der Waals surface area (Å²) in [7, 11) is 0. The van der Waals surface area contributed by atoms with E-state index in [0.717, 1.165) is 24.2 Å². The van der Waals surface area contributed by atoms with E-state index in [1.807, 2.05) is 16.7 Å². The molecule has 1 heteroatoms. The molecule has 0 aliphatic heterocycles. The molecular weight excluding hydrogens is 338 g/mol. The van der Waals surface area contributed by atoms with Crippen molar-refractivity contribution < 1.29 is 0 Å². The van der Waals surface area contributed by atoms with E-state index in [1.165, 1.54) is 96.3 Å². The third kappa shape index (κ3) is 4.77. The van der Waals surface area contributed by atoms with Gasteiger partial charge in [-0.25, -0.2) is 0 Å². The molecule has 1 atom stereocenters. The first-order valence-electron chi connectivity index (χ1n) is 12.8. The van der Waals surface area contributed by atoms with Gasteiger partial charge in [0.25, 0.3) is 0 Å². The summed E-state index contributed by atoms with van der Waals surface area (Å²) in [6, 6.07) is 0. The zero-order valence-corrected chi connectivity index (χ0v) is 18.8. The van der Waals surface area contributed by atoms with Crippen LogP contribution >= 0.6 is 0 Å². The first-order valence-corrected chi connectivity index (χ1v) is 12.8. The number of hydrogen-bond donors (Lipinski definition) is 1. The van der Waals surface area contributed by atoms with Crippen LogP contribution in [0.15, 0.2) is 22.8 Å². The summed E-state index contributed by atoms with van der Waals surface area (Å²) in [5.74, 6) is 3.23. The average molecular weight is 384 g/mol. The fraction of sp³-hybridized carbons (Fsp3) is 0.852. The van der Waals surface area contributed by atoms with Crippen LogP contribution in [0.4, 0.5) is 0 Å². The molecule has 1 unspecified atom stereocenters. The highest BCUT2D eigenvalue weighted by atomic mass is 14.7. The van der Waals surface area contributed by atoms with Gasteiger partial charge in [0, 0.05) is 11.5 Å². The van der Waals surface area contributed by atoms with Crippen LogP contribution in [0.3, 0.4) is 0 Å². The predicted octanol–water partition coefficient (Wildman–Crippen LogP) is 7.71. The summed E-state index contributed by atoms with van der Waals surface area (Å²) >= 11 is 0. The minimum Gasteiger partial charge on any atom is -0.326 e. The zero-order chi connectivity index (χ0) is 19.6. The Labute approximate surface area is 174 Å². The maximum Gasteiger partial charge on any atom is 0.0106 e. The third-order valence-corrected chi connectivity index (χ3v) is 8.33. The first kappa shape index (κ1) is 20.7. The van der Waals surface area contributed by atoms with Crippen LogP contribution in [0, 0.1) is 23.7 Å². The molecule has 2 N–H and O–H groups in total. The monoisotopic (exact) mass is 383 g/mol. The van der Waals surface area contributed by atoms with Gasteiger partial charge in [0.05, 0.1) is 0 Å². The SMILES string of the molecule is CC(C)(N)CC1C(C2CCCCC2)=CC(C2CCCCC2)=C1C1CCCCC1. The predicted molar refractivity (Wildman–Crippen MR) is 121 cm³/mol. The highest BCUT2D eigenvalue weighted by Gasteiger charge is 2.40. The Balaban J connectivity index is 1.70. The standard InChI is InChI=1S/C27H45N/c1-27(2,28)19-25-23(20-12-6-3-7-13-20)18-24(21-14-8-4-9-15-21)26(25)22-16-10-5-11-17-22/h18,20-22,25H,3-17,19,28H2,1-2H3. The van der Waals surface area contributed by atoms with Gasteiger partial charge in [0.1, 0.15) is 0 Å². The van der Waals surface area contributed by atoms with Crippen molar-refractivity contribution in [1.82, 2.24) is 0 Å². The molecule has 3 fully saturated rings. The Bertz CT molecular complexity index is 572. The second kappa shape index (κ2) is 9.07. The minimum atomic E-state index is -0.0691. The molecule has 4 rings (SSSR count). The van der Waals surface area contributed by atoms with Crippen LogP contribution in [0.2, 0.25) is 0 Å². The summed E-state index contributed by atoms with van der Waals surface area (Å²) in [4.78, 5) is 0. The molecular formula is C27H45N. The number of hydrogen-bond acceptors (Lipinski definition) is 1. The molecule has 0 radical (unpaired) electrons. The fourth-order valence-corrected chi connectivity index (χ4v) is 7.04. The van der Waals surface area contributed by atoms with Crippen molar-refractivity contribution in [2.24, 2.45) is 29.4 Å². The van der Waals surface area contributed by atoms with E-state index >= 15 is 0 Å². The maximum atomic E-state index is 6.67. The lowest BCUT2D eigenvalue weighted by atomic mass is 9.69. The Morgan fingerprint density at radius 3 is 1.68 bits per heavy atom. The fourth-order valence-electron chi connectivity index (χ4n) is 7.04. The highest BCUT2D eigenvalue weighted by Crippen LogP contribution is 2.52. The molecule has 0 heterocycles. The highest BCUT2D eigenvalue weighted by molar-refractivity contribution is 5.46. The van der Waals surface area contributed by atoms with Gasteiger partial charge in [-0.2, -0.15) is 0 Å². The van der Waals surface area contributed by atoms with Gasteiger partial charge in [-0.05, 0) is 82.1 Å². The van der Waals surface area contributed by atoms with E-state index in [4.69, 9.17) is 5.73 Å². The Morgan fingerprint density at radius 2 is 1.18 bits per heavy atom. The number of rotatable bonds is 5.